The minimum Gasteiger partial charge on any atom is -0.465 e. The van der Waals surface area contributed by atoms with Crippen LogP contribution in [-0.4, -0.2) is 23.0 Å². The molecule has 6 nitrogen and oxygen atoms in total. The van der Waals surface area contributed by atoms with Gasteiger partial charge in [0.2, 0.25) is 5.95 Å². The second-order valence-corrected chi connectivity index (χ2v) is 4.13. The summed E-state index contributed by atoms with van der Waals surface area (Å²) in [5, 5.41) is 2.98. The van der Waals surface area contributed by atoms with Gasteiger partial charge in [0.15, 0.2) is 0 Å². The Morgan fingerprint density at radius 2 is 2.05 bits per heavy atom. The van der Waals surface area contributed by atoms with Gasteiger partial charge in [-0.15, -0.1) is 0 Å². The lowest BCUT2D eigenvalue weighted by atomic mass is 10.2. The van der Waals surface area contributed by atoms with Crippen molar-refractivity contribution < 1.29 is 9.53 Å². The number of hydrogen-bond acceptors (Lipinski definition) is 5. The Balaban J connectivity index is 2.20. The van der Waals surface area contributed by atoms with Gasteiger partial charge in [0.05, 0.1) is 12.7 Å². The fourth-order valence-electron chi connectivity index (χ4n) is 1.69. The smallest absolute Gasteiger partial charge is 0.337 e. The minimum atomic E-state index is -0.393. The first-order valence-corrected chi connectivity index (χ1v) is 6.18. The number of nitrogens with zero attached hydrogens (tertiary/aromatic N) is 1. The molecule has 1 aromatic carbocycles. The van der Waals surface area contributed by atoms with E-state index in [-0.39, 0.29) is 5.56 Å². The monoisotopic (exact) mass is 273 g/mol. The van der Waals surface area contributed by atoms with Gasteiger partial charge < -0.3 is 10.1 Å². The Morgan fingerprint density at radius 3 is 2.65 bits per heavy atom. The summed E-state index contributed by atoms with van der Waals surface area (Å²) in [6.45, 7) is 1.93. The van der Waals surface area contributed by atoms with Crippen molar-refractivity contribution in [1.29, 1.82) is 0 Å². The maximum atomic E-state index is 11.4. The van der Waals surface area contributed by atoms with E-state index in [2.05, 4.69) is 20.0 Å². The highest BCUT2D eigenvalue weighted by molar-refractivity contribution is 5.89. The lowest BCUT2D eigenvalue weighted by Gasteiger charge is -2.07. The molecule has 1 heterocycles. The summed E-state index contributed by atoms with van der Waals surface area (Å²) in [5.41, 5.74) is 1.68. The first-order chi connectivity index (χ1) is 9.62. The Bertz CT molecular complexity index is 662. The van der Waals surface area contributed by atoms with Crippen LogP contribution >= 0.6 is 0 Å². The molecule has 0 fully saturated rings. The molecule has 6 heteroatoms. The second kappa shape index (κ2) is 6.01. The van der Waals surface area contributed by atoms with Crippen molar-refractivity contribution >= 4 is 17.6 Å². The number of aromatic nitrogens is 2. The number of anilines is 2. The molecule has 0 aliphatic carbocycles. The molecule has 0 radical (unpaired) electrons. The number of rotatable bonds is 4. The van der Waals surface area contributed by atoms with Gasteiger partial charge in [-0.2, -0.15) is 0 Å². The summed E-state index contributed by atoms with van der Waals surface area (Å²) in [7, 11) is 1.33. The topological polar surface area (TPSA) is 84.1 Å². The van der Waals surface area contributed by atoms with E-state index < -0.39 is 5.97 Å². The summed E-state index contributed by atoms with van der Waals surface area (Å²) in [6.07, 6.45) is 0.680. The van der Waals surface area contributed by atoms with Gasteiger partial charge in [0.1, 0.15) is 0 Å². The highest BCUT2D eigenvalue weighted by atomic mass is 16.5. The summed E-state index contributed by atoms with van der Waals surface area (Å²) >= 11 is 0. The Morgan fingerprint density at radius 1 is 1.35 bits per heavy atom. The number of carbonyl (C=O) groups is 1. The maximum Gasteiger partial charge on any atom is 0.337 e. The van der Waals surface area contributed by atoms with Gasteiger partial charge in [-0.05, 0) is 30.7 Å². The molecule has 104 valence electrons. The zero-order valence-electron chi connectivity index (χ0n) is 11.3. The second-order valence-electron chi connectivity index (χ2n) is 4.13. The third-order valence-corrected chi connectivity index (χ3v) is 2.73. The number of hydrogen-bond donors (Lipinski definition) is 2. The summed E-state index contributed by atoms with van der Waals surface area (Å²) in [4.78, 5) is 29.6. The van der Waals surface area contributed by atoms with Gasteiger partial charge in [0, 0.05) is 17.4 Å². The van der Waals surface area contributed by atoms with E-state index in [4.69, 9.17) is 0 Å². The molecule has 1 aromatic heterocycles. The molecule has 0 saturated heterocycles. The van der Waals surface area contributed by atoms with E-state index in [1.165, 1.54) is 13.2 Å². The van der Waals surface area contributed by atoms with Crippen LogP contribution in [0.4, 0.5) is 11.6 Å². The van der Waals surface area contributed by atoms with Gasteiger partial charge >= 0.3 is 5.97 Å². The molecule has 0 aliphatic rings. The van der Waals surface area contributed by atoms with Crippen LogP contribution < -0.4 is 10.9 Å². The van der Waals surface area contributed by atoms with Crippen LogP contribution in [0.3, 0.4) is 0 Å². The Kier molecular flexibility index (Phi) is 4.14. The van der Waals surface area contributed by atoms with Crippen LogP contribution in [0, 0.1) is 0 Å². The molecular weight excluding hydrogens is 258 g/mol. The van der Waals surface area contributed by atoms with Crippen LogP contribution in [-0.2, 0) is 11.2 Å². The number of esters is 1. The zero-order chi connectivity index (χ0) is 14.5. The van der Waals surface area contributed by atoms with Crippen molar-refractivity contribution in [2.75, 3.05) is 12.4 Å². The van der Waals surface area contributed by atoms with Crippen LogP contribution in [0.1, 0.15) is 23.0 Å². The van der Waals surface area contributed by atoms with E-state index in [1.807, 2.05) is 6.92 Å². The lowest BCUT2D eigenvalue weighted by molar-refractivity contribution is 0.0601. The molecule has 0 unspecified atom stereocenters. The molecule has 2 rings (SSSR count). The molecule has 0 saturated carbocycles. The first-order valence-electron chi connectivity index (χ1n) is 6.18. The van der Waals surface area contributed by atoms with Crippen LogP contribution in [0.5, 0.6) is 0 Å². The van der Waals surface area contributed by atoms with Crippen molar-refractivity contribution in [3.8, 4) is 0 Å². The molecular formula is C14H15N3O3. The summed E-state index contributed by atoms with van der Waals surface area (Å²) in [5.74, 6) is -0.0174. The Labute approximate surface area is 115 Å². The largest absolute Gasteiger partial charge is 0.465 e. The normalized spacial score (nSPS) is 10.1. The molecule has 2 N–H and O–H groups in total. The molecule has 0 amide bonds. The van der Waals surface area contributed by atoms with Crippen molar-refractivity contribution in [2.45, 2.75) is 13.3 Å². The number of benzene rings is 1. The predicted octanol–water partition coefficient (Wildman–Crippen LogP) is 1.86. The van der Waals surface area contributed by atoms with Crippen molar-refractivity contribution in [3.63, 3.8) is 0 Å². The number of ether oxygens (including phenoxy) is 1. The lowest BCUT2D eigenvalue weighted by Crippen LogP contribution is -2.11. The average molecular weight is 273 g/mol. The Hall–Kier alpha value is -2.63. The molecule has 0 spiro atoms. The van der Waals surface area contributed by atoms with Gasteiger partial charge in [-0.25, -0.2) is 9.78 Å². The van der Waals surface area contributed by atoms with E-state index >= 15 is 0 Å². The summed E-state index contributed by atoms with van der Waals surface area (Å²) < 4.78 is 4.62. The number of H-pyrrole nitrogens is 1. The highest BCUT2D eigenvalue weighted by Crippen LogP contribution is 2.14. The van der Waals surface area contributed by atoms with Crippen LogP contribution in [0.25, 0.3) is 0 Å². The number of carbonyl (C=O) groups excluding carboxylic acids is 1. The predicted molar refractivity (Wildman–Crippen MR) is 75.3 cm³/mol. The van der Waals surface area contributed by atoms with Gasteiger partial charge in [-0.3, -0.25) is 9.78 Å². The van der Waals surface area contributed by atoms with E-state index in [0.29, 0.717) is 29.3 Å². The molecule has 2 aromatic rings. The molecule has 0 bridgehead atoms. The molecule has 20 heavy (non-hydrogen) atoms. The number of methoxy groups -OCH3 is 1. The van der Waals surface area contributed by atoms with E-state index in [0.717, 1.165) is 0 Å². The van der Waals surface area contributed by atoms with Crippen molar-refractivity contribution in [2.24, 2.45) is 0 Å². The SMILES string of the molecule is CCc1cc(=O)[nH]c(Nc2ccc(C(=O)OC)cc2)n1. The van der Waals surface area contributed by atoms with Crippen LogP contribution in [0.15, 0.2) is 35.1 Å². The first kappa shape index (κ1) is 13.8. The molecule has 0 aliphatic heterocycles. The quantitative estimate of drug-likeness (QED) is 0.831. The van der Waals surface area contributed by atoms with Gasteiger partial charge in [0.25, 0.3) is 5.56 Å². The van der Waals surface area contributed by atoms with Crippen molar-refractivity contribution in [1.82, 2.24) is 9.97 Å². The maximum absolute atomic E-state index is 11.4. The average Bonchev–Trinajstić information content (AvgIpc) is 2.46. The molecule has 0 atom stereocenters. The van der Waals surface area contributed by atoms with Gasteiger partial charge in [-0.1, -0.05) is 6.92 Å². The third-order valence-electron chi connectivity index (χ3n) is 2.73. The standard InChI is InChI=1S/C14H15N3O3/c1-3-10-8-12(18)17-14(15-10)16-11-6-4-9(5-7-11)13(19)20-2/h4-8H,3H2,1-2H3,(H2,15,16,17,18). The van der Waals surface area contributed by atoms with Crippen molar-refractivity contribution in [3.05, 3.63) is 51.9 Å². The fraction of sp³-hybridized carbons (Fsp3) is 0.214. The van der Waals surface area contributed by atoms with E-state index in [9.17, 15) is 9.59 Å². The number of nitrogens with one attached hydrogen (secondary N) is 2. The highest BCUT2D eigenvalue weighted by Gasteiger charge is 2.05. The summed E-state index contributed by atoms with van der Waals surface area (Å²) in [6, 6.07) is 8.16. The third kappa shape index (κ3) is 3.23. The minimum absolute atomic E-state index is 0.203. The van der Waals surface area contributed by atoms with Crippen LogP contribution in [0.2, 0.25) is 0 Å². The number of aromatic amines is 1. The fourth-order valence-corrected chi connectivity index (χ4v) is 1.69. The zero-order valence-corrected chi connectivity index (χ0v) is 11.3. The number of aryl methyl sites for hydroxylation is 1. The van der Waals surface area contributed by atoms with E-state index in [1.54, 1.807) is 24.3 Å².